The first-order chi connectivity index (χ1) is 15.9. The predicted molar refractivity (Wildman–Crippen MR) is 125 cm³/mol. The summed E-state index contributed by atoms with van der Waals surface area (Å²) in [5.41, 5.74) is 5.97. The fourth-order valence-corrected chi connectivity index (χ4v) is 3.86. The van der Waals surface area contributed by atoms with E-state index in [1.54, 1.807) is 30.4 Å². The van der Waals surface area contributed by atoms with Gasteiger partial charge in [-0.3, -0.25) is 19.1 Å². The van der Waals surface area contributed by atoms with Gasteiger partial charge < -0.3 is 20.4 Å². The molecule has 0 saturated carbocycles. The van der Waals surface area contributed by atoms with Crippen LogP contribution in [-0.2, 0) is 11.3 Å². The molecule has 0 atom stereocenters. The molecular weight excluding hydrogens is 424 g/mol. The maximum atomic E-state index is 12.9. The van der Waals surface area contributed by atoms with Gasteiger partial charge >= 0.3 is 5.69 Å². The van der Waals surface area contributed by atoms with Gasteiger partial charge in [0.05, 0.1) is 13.1 Å². The van der Waals surface area contributed by atoms with Crippen molar-refractivity contribution in [2.24, 2.45) is 0 Å². The van der Waals surface area contributed by atoms with E-state index in [1.807, 2.05) is 35.2 Å². The molecule has 1 amide bonds. The molecular formula is C22H26N8O3. The lowest BCUT2D eigenvalue weighted by atomic mass is 10.2. The number of carbonyl (C=O) groups is 1. The second kappa shape index (κ2) is 9.55. The summed E-state index contributed by atoms with van der Waals surface area (Å²) >= 11 is 0. The fraction of sp³-hybridized carbons (Fsp3) is 0.318. The normalized spacial score (nSPS) is 13.7. The number of amides is 1. The van der Waals surface area contributed by atoms with E-state index in [4.69, 9.17) is 5.73 Å². The highest BCUT2D eigenvalue weighted by Crippen LogP contribution is 2.17. The van der Waals surface area contributed by atoms with Crippen LogP contribution in [0.5, 0.6) is 0 Å². The number of nitrogen functional groups attached to an aromatic ring is 1. The summed E-state index contributed by atoms with van der Waals surface area (Å²) in [4.78, 5) is 53.9. The molecule has 4 rings (SSSR count). The average molecular weight is 451 g/mol. The van der Waals surface area contributed by atoms with Gasteiger partial charge in [0.1, 0.15) is 11.5 Å². The predicted octanol–water partition coefficient (Wildman–Crippen LogP) is -0.258. The Labute approximate surface area is 190 Å². The Balaban J connectivity index is 1.45. The van der Waals surface area contributed by atoms with Gasteiger partial charge in [-0.1, -0.05) is 30.3 Å². The van der Waals surface area contributed by atoms with Crippen molar-refractivity contribution < 1.29 is 4.79 Å². The van der Waals surface area contributed by atoms with Crippen molar-refractivity contribution in [1.82, 2.24) is 24.4 Å². The lowest BCUT2D eigenvalue weighted by molar-refractivity contribution is -0.129. The van der Waals surface area contributed by atoms with E-state index < -0.39 is 11.2 Å². The number of likely N-dealkylation sites (N-methyl/N-ethyl adjacent to an activating group) is 1. The highest BCUT2D eigenvalue weighted by atomic mass is 16.2. The number of benzene rings is 1. The number of hydrogen-bond acceptors (Lipinski definition) is 8. The van der Waals surface area contributed by atoms with Crippen LogP contribution < -0.4 is 26.8 Å². The Morgan fingerprint density at radius 3 is 2.39 bits per heavy atom. The van der Waals surface area contributed by atoms with Crippen molar-refractivity contribution in [1.29, 1.82) is 0 Å². The highest BCUT2D eigenvalue weighted by molar-refractivity contribution is 5.82. The number of hydrogen-bond donors (Lipinski definition) is 2. The minimum Gasteiger partial charge on any atom is -0.383 e. The second-order valence-corrected chi connectivity index (χ2v) is 7.84. The van der Waals surface area contributed by atoms with Crippen molar-refractivity contribution in [3.63, 3.8) is 0 Å². The van der Waals surface area contributed by atoms with Gasteiger partial charge in [0.15, 0.2) is 0 Å². The first kappa shape index (κ1) is 22.1. The number of nitrogens with one attached hydrogen (secondary N) is 1. The highest BCUT2D eigenvalue weighted by Gasteiger charge is 2.25. The van der Waals surface area contributed by atoms with Crippen LogP contribution in [0.3, 0.4) is 0 Å². The molecule has 1 saturated heterocycles. The molecule has 1 aliphatic rings. The Bertz CT molecular complexity index is 1220. The summed E-state index contributed by atoms with van der Waals surface area (Å²) in [6.45, 7) is 2.43. The van der Waals surface area contributed by atoms with E-state index in [1.165, 1.54) is 9.47 Å². The molecule has 1 aromatic carbocycles. The Hall–Kier alpha value is -4.15. The topological polar surface area (TPSA) is 133 Å². The van der Waals surface area contributed by atoms with Crippen LogP contribution in [0.4, 0.5) is 17.5 Å². The molecule has 172 valence electrons. The molecule has 33 heavy (non-hydrogen) atoms. The Morgan fingerprint density at radius 1 is 1.06 bits per heavy atom. The number of nitrogens with zero attached hydrogens (tertiary/aromatic N) is 6. The molecule has 0 unspecified atom stereocenters. The number of carbonyl (C=O) groups excluding carboxylic acids is 1. The summed E-state index contributed by atoms with van der Waals surface area (Å²) in [6.07, 6.45) is 3.38. The molecule has 11 nitrogen and oxygen atoms in total. The van der Waals surface area contributed by atoms with E-state index in [-0.39, 0.29) is 30.5 Å². The summed E-state index contributed by atoms with van der Waals surface area (Å²) in [5, 5.41) is 0. The molecule has 3 N–H and O–H groups in total. The third-order valence-corrected chi connectivity index (χ3v) is 5.62. The molecule has 0 spiro atoms. The second-order valence-electron chi connectivity index (χ2n) is 7.84. The number of anilines is 3. The molecule has 0 radical (unpaired) electrons. The number of piperazine rings is 1. The zero-order chi connectivity index (χ0) is 23.4. The number of rotatable bonds is 6. The van der Waals surface area contributed by atoms with Crippen LogP contribution in [0.1, 0.15) is 5.56 Å². The maximum Gasteiger partial charge on any atom is 0.330 e. The lowest BCUT2D eigenvalue weighted by Crippen LogP contribution is -2.51. The first-order valence-corrected chi connectivity index (χ1v) is 10.6. The monoisotopic (exact) mass is 450 g/mol. The molecule has 0 aliphatic carbocycles. The standard InChI is InChI=1S/C22H26N8O3/c1-27(15-17(31)28-10-12-29(13-11-28)21-24-8-5-9-25-21)18-19(23)30(22(33)26-20(18)32)14-16-6-3-2-4-7-16/h2-9H,10-15,23H2,1H3,(H,26,32,33). The van der Waals surface area contributed by atoms with Crippen molar-refractivity contribution in [2.45, 2.75) is 6.54 Å². The Morgan fingerprint density at radius 2 is 1.73 bits per heavy atom. The molecule has 3 heterocycles. The first-order valence-electron chi connectivity index (χ1n) is 10.6. The lowest BCUT2D eigenvalue weighted by Gasteiger charge is -2.35. The molecule has 1 aliphatic heterocycles. The molecule has 0 bridgehead atoms. The smallest absolute Gasteiger partial charge is 0.330 e. The zero-order valence-electron chi connectivity index (χ0n) is 18.3. The van der Waals surface area contributed by atoms with E-state index in [9.17, 15) is 14.4 Å². The third-order valence-electron chi connectivity index (χ3n) is 5.62. The van der Waals surface area contributed by atoms with Gasteiger partial charge in [-0.15, -0.1) is 0 Å². The molecule has 2 aromatic heterocycles. The van der Waals surface area contributed by atoms with E-state index >= 15 is 0 Å². The minimum absolute atomic E-state index is 0.0222. The van der Waals surface area contributed by atoms with Crippen LogP contribution in [0.2, 0.25) is 0 Å². The van der Waals surface area contributed by atoms with Crippen LogP contribution in [0, 0.1) is 0 Å². The fourth-order valence-electron chi connectivity index (χ4n) is 3.86. The van der Waals surface area contributed by atoms with Crippen molar-refractivity contribution >= 4 is 23.4 Å². The number of aromatic nitrogens is 4. The number of aromatic amines is 1. The van der Waals surface area contributed by atoms with Gasteiger partial charge in [-0.2, -0.15) is 0 Å². The van der Waals surface area contributed by atoms with Gasteiger partial charge in [0.25, 0.3) is 5.56 Å². The van der Waals surface area contributed by atoms with E-state index in [2.05, 4.69) is 15.0 Å². The quantitative estimate of drug-likeness (QED) is 0.525. The van der Waals surface area contributed by atoms with Crippen LogP contribution in [0.15, 0.2) is 58.4 Å². The molecule has 11 heteroatoms. The summed E-state index contributed by atoms with van der Waals surface area (Å²) in [6, 6.07) is 11.1. The van der Waals surface area contributed by atoms with Crippen molar-refractivity contribution in [3.05, 3.63) is 75.2 Å². The van der Waals surface area contributed by atoms with Gasteiger partial charge in [-0.25, -0.2) is 14.8 Å². The third kappa shape index (κ3) is 4.86. The maximum absolute atomic E-state index is 12.9. The van der Waals surface area contributed by atoms with E-state index in [0.717, 1.165) is 5.56 Å². The summed E-state index contributed by atoms with van der Waals surface area (Å²) in [5.74, 6) is 0.529. The summed E-state index contributed by atoms with van der Waals surface area (Å²) in [7, 11) is 1.62. The molecule has 3 aromatic rings. The number of nitrogens with two attached hydrogens (primary N) is 1. The largest absolute Gasteiger partial charge is 0.383 e. The molecule has 1 fully saturated rings. The number of H-pyrrole nitrogens is 1. The van der Waals surface area contributed by atoms with Crippen LogP contribution in [0.25, 0.3) is 0 Å². The van der Waals surface area contributed by atoms with Crippen molar-refractivity contribution in [2.75, 3.05) is 55.3 Å². The van der Waals surface area contributed by atoms with Gasteiger partial charge in [-0.05, 0) is 11.6 Å². The van der Waals surface area contributed by atoms with Gasteiger partial charge in [0.2, 0.25) is 11.9 Å². The Kier molecular flexibility index (Phi) is 6.38. The SMILES string of the molecule is CN(CC(=O)N1CCN(c2ncccn2)CC1)c1c(N)n(Cc2ccccc2)c(=O)[nH]c1=O. The van der Waals surface area contributed by atoms with Crippen molar-refractivity contribution in [3.8, 4) is 0 Å². The zero-order valence-corrected chi connectivity index (χ0v) is 18.3. The van der Waals surface area contributed by atoms with Crippen LogP contribution in [-0.4, -0.2) is 70.1 Å². The summed E-state index contributed by atoms with van der Waals surface area (Å²) < 4.78 is 1.30. The minimum atomic E-state index is -0.622. The average Bonchev–Trinajstić information content (AvgIpc) is 2.83. The van der Waals surface area contributed by atoms with Crippen LogP contribution >= 0.6 is 0 Å². The van der Waals surface area contributed by atoms with E-state index in [0.29, 0.717) is 32.1 Å². The van der Waals surface area contributed by atoms with Gasteiger partial charge in [0, 0.05) is 45.6 Å².